The Kier molecular flexibility index (Phi) is 2.09. The molecule has 18 heavy (non-hydrogen) atoms. The topological polar surface area (TPSA) is 72.3 Å². The van der Waals surface area contributed by atoms with E-state index in [1.165, 1.54) is 23.1 Å². The van der Waals surface area contributed by atoms with Crippen LogP contribution in [0.15, 0.2) is 24.5 Å². The van der Waals surface area contributed by atoms with Gasteiger partial charge in [-0.3, -0.25) is 0 Å². The quantitative estimate of drug-likeness (QED) is 0.715. The van der Waals surface area contributed by atoms with E-state index in [9.17, 15) is 13.2 Å². The standard InChI is InChI=1S/C9H5F3N6/c10-9(11,12)8-14-6-2-1-5(3-7(6)15-8)18-4-13-16-17-18/h1-4H,(H,14,15). The molecule has 9 heteroatoms. The lowest BCUT2D eigenvalue weighted by Crippen LogP contribution is -2.06. The summed E-state index contributed by atoms with van der Waals surface area (Å²) in [5, 5.41) is 10.5. The Morgan fingerprint density at radius 2 is 2.06 bits per heavy atom. The third-order valence-electron chi connectivity index (χ3n) is 2.35. The molecule has 0 saturated carbocycles. The number of imidazole rings is 1. The van der Waals surface area contributed by atoms with Gasteiger partial charge in [0.25, 0.3) is 0 Å². The second-order valence-corrected chi connectivity index (χ2v) is 3.54. The highest BCUT2D eigenvalue weighted by atomic mass is 19.4. The van der Waals surface area contributed by atoms with Gasteiger partial charge in [0, 0.05) is 0 Å². The highest BCUT2D eigenvalue weighted by Crippen LogP contribution is 2.28. The molecule has 0 saturated heterocycles. The minimum atomic E-state index is -4.49. The van der Waals surface area contributed by atoms with Gasteiger partial charge in [0.2, 0.25) is 5.82 Å². The fourth-order valence-electron chi connectivity index (χ4n) is 1.55. The number of nitrogens with zero attached hydrogens (tertiary/aromatic N) is 5. The van der Waals surface area contributed by atoms with Crippen LogP contribution in [-0.2, 0) is 6.18 Å². The zero-order valence-corrected chi connectivity index (χ0v) is 8.68. The first-order valence-electron chi connectivity index (χ1n) is 4.84. The van der Waals surface area contributed by atoms with Gasteiger partial charge in [-0.15, -0.1) is 5.10 Å². The Hall–Kier alpha value is -2.45. The fraction of sp³-hybridized carbons (Fsp3) is 0.111. The van der Waals surface area contributed by atoms with Gasteiger partial charge in [0.1, 0.15) is 6.33 Å². The van der Waals surface area contributed by atoms with Crippen LogP contribution in [0.4, 0.5) is 13.2 Å². The Morgan fingerprint density at radius 3 is 2.72 bits per heavy atom. The van der Waals surface area contributed by atoms with Crippen LogP contribution in [0.2, 0.25) is 0 Å². The molecule has 0 bridgehead atoms. The van der Waals surface area contributed by atoms with E-state index >= 15 is 0 Å². The molecule has 1 aromatic carbocycles. The molecule has 0 unspecified atom stereocenters. The smallest absolute Gasteiger partial charge is 0.334 e. The van der Waals surface area contributed by atoms with E-state index in [1.54, 1.807) is 6.07 Å². The number of aromatic amines is 1. The van der Waals surface area contributed by atoms with Crippen molar-refractivity contribution in [2.75, 3.05) is 0 Å². The number of halogens is 3. The monoisotopic (exact) mass is 254 g/mol. The number of tetrazole rings is 1. The van der Waals surface area contributed by atoms with Crippen molar-refractivity contribution >= 4 is 11.0 Å². The fourth-order valence-corrected chi connectivity index (χ4v) is 1.55. The Labute approximate surface area is 97.4 Å². The van der Waals surface area contributed by atoms with Crippen LogP contribution in [0.3, 0.4) is 0 Å². The van der Waals surface area contributed by atoms with E-state index in [1.807, 2.05) is 0 Å². The summed E-state index contributed by atoms with van der Waals surface area (Å²) in [6, 6.07) is 4.55. The molecule has 3 aromatic rings. The lowest BCUT2D eigenvalue weighted by molar-refractivity contribution is -0.144. The van der Waals surface area contributed by atoms with E-state index in [0.29, 0.717) is 5.69 Å². The molecule has 0 aliphatic carbocycles. The maximum atomic E-state index is 12.5. The van der Waals surface area contributed by atoms with Crippen LogP contribution < -0.4 is 0 Å². The second-order valence-electron chi connectivity index (χ2n) is 3.54. The van der Waals surface area contributed by atoms with Crippen LogP contribution in [0.1, 0.15) is 5.82 Å². The first-order chi connectivity index (χ1) is 8.54. The van der Waals surface area contributed by atoms with Crippen molar-refractivity contribution in [1.82, 2.24) is 30.2 Å². The van der Waals surface area contributed by atoms with Gasteiger partial charge in [-0.2, -0.15) is 13.2 Å². The molecule has 0 fully saturated rings. The number of nitrogens with one attached hydrogen (secondary N) is 1. The predicted molar refractivity (Wildman–Crippen MR) is 53.8 cm³/mol. The highest BCUT2D eigenvalue weighted by molar-refractivity contribution is 5.77. The SMILES string of the molecule is FC(F)(F)c1nc2ccc(-n3cnnn3)cc2[nH]1. The minimum Gasteiger partial charge on any atom is -0.334 e. The Balaban J connectivity index is 2.13. The van der Waals surface area contributed by atoms with Gasteiger partial charge in [-0.05, 0) is 28.6 Å². The van der Waals surface area contributed by atoms with E-state index in [-0.39, 0.29) is 11.0 Å². The molecule has 0 radical (unpaired) electrons. The summed E-state index contributed by atoms with van der Waals surface area (Å²) in [6.07, 6.45) is -3.14. The molecule has 3 rings (SSSR count). The number of benzene rings is 1. The summed E-state index contributed by atoms with van der Waals surface area (Å²) < 4.78 is 38.7. The van der Waals surface area contributed by atoms with Crippen molar-refractivity contribution in [3.8, 4) is 5.69 Å². The van der Waals surface area contributed by atoms with E-state index < -0.39 is 12.0 Å². The number of rotatable bonds is 1. The van der Waals surface area contributed by atoms with Gasteiger partial charge in [-0.1, -0.05) is 0 Å². The number of hydrogen-bond donors (Lipinski definition) is 1. The molecule has 1 N–H and O–H groups in total. The van der Waals surface area contributed by atoms with Gasteiger partial charge < -0.3 is 4.98 Å². The second kappa shape index (κ2) is 3.52. The summed E-state index contributed by atoms with van der Waals surface area (Å²) in [5.41, 5.74) is 1.05. The highest BCUT2D eigenvalue weighted by Gasteiger charge is 2.34. The van der Waals surface area contributed by atoms with Crippen molar-refractivity contribution in [2.45, 2.75) is 6.18 Å². The van der Waals surface area contributed by atoms with Gasteiger partial charge in [0.05, 0.1) is 16.7 Å². The van der Waals surface area contributed by atoms with Crippen LogP contribution in [-0.4, -0.2) is 30.2 Å². The largest absolute Gasteiger partial charge is 0.449 e. The van der Waals surface area contributed by atoms with E-state index in [0.717, 1.165) is 0 Å². The average molecular weight is 254 g/mol. The average Bonchev–Trinajstić information content (AvgIpc) is 2.96. The van der Waals surface area contributed by atoms with E-state index in [4.69, 9.17) is 0 Å². The molecule has 92 valence electrons. The number of alkyl halides is 3. The first kappa shape index (κ1) is 10.7. The Bertz CT molecular complexity index is 684. The lowest BCUT2D eigenvalue weighted by Gasteiger charge is -1.99. The molecule has 0 atom stereocenters. The number of H-pyrrole nitrogens is 1. The molecule has 2 heterocycles. The van der Waals surface area contributed by atoms with Crippen LogP contribution in [0.5, 0.6) is 0 Å². The molecular weight excluding hydrogens is 249 g/mol. The third kappa shape index (κ3) is 1.69. The summed E-state index contributed by atoms with van der Waals surface area (Å²) >= 11 is 0. The molecule has 0 aliphatic rings. The van der Waals surface area contributed by atoms with Crippen molar-refractivity contribution in [3.05, 3.63) is 30.4 Å². The Morgan fingerprint density at radius 1 is 1.22 bits per heavy atom. The molecule has 6 nitrogen and oxygen atoms in total. The predicted octanol–water partition coefficient (Wildman–Crippen LogP) is 1.56. The minimum absolute atomic E-state index is 0.235. The third-order valence-corrected chi connectivity index (χ3v) is 2.35. The van der Waals surface area contributed by atoms with Gasteiger partial charge >= 0.3 is 6.18 Å². The summed E-state index contributed by atoms with van der Waals surface area (Å²) in [5.74, 6) is -1.02. The molecule has 2 aromatic heterocycles. The molecule has 0 amide bonds. The van der Waals surface area contributed by atoms with Crippen LogP contribution in [0.25, 0.3) is 16.7 Å². The van der Waals surface area contributed by atoms with Crippen molar-refractivity contribution in [1.29, 1.82) is 0 Å². The maximum absolute atomic E-state index is 12.5. The zero-order chi connectivity index (χ0) is 12.8. The van der Waals surface area contributed by atoms with Gasteiger partial charge in [0.15, 0.2) is 0 Å². The first-order valence-corrected chi connectivity index (χ1v) is 4.84. The molecule has 0 spiro atoms. The molecular formula is C9H5F3N6. The summed E-state index contributed by atoms with van der Waals surface area (Å²) in [4.78, 5) is 5.68. The van der Waals surface area contributed by atoms with E-state index in [2.05, 4.69) is 25.5 Å². The maximum Gasteiger partial charge on any atom is 0.449 e. The van der Waals surface area contributed by atoms with Gasteiger partial charge in [-0.25, -0.2) is 9.67 Å². The lowest BCUT2D eigenvalue weighted by atomic mass is 10.3. The van der Waals surface area contributed by atoms with Crippen LogP contribution in [0, 0.1) is 0 Å². The normalized spacial score (nSPS) is 12.2. The number of aromatic nitrogens is 6. The van der Waals surface area contributed by atoms with Crippen molar-refractivity contribution in [3.63, 3.8) is 0 Å². The summed E-state index contributed by atoms with van der Waals surface area (Å²) in [6.45, 7) is 0. The van der Waals surface area contributed by atoms with Crippen molar-refractivity contribution < 1.29 is 13.2 Å². The van der Waals surface area contributed by atoms with Crippen LogP contribution >= 0.6 is 0 Å². The number of hydrogen-bond acceptors (Lipinski definition) is 4. The number of fused-ring (bicyclic) bond motifs is 1. The zero-order valence-electron chi connectivity index (χ0n) is 8.68. The molecule has 0 aliphatic heterocycles. The van der Waals surface area contributed by atoms with Crippen molar-refractivity contribution in [2.24, 2.45) is 0 Å². The summed E-state index contributed by atoms with van der Waals surface area (Å²) in [7, 11) is 0.